The van der Waals surface area contributed by atoms with E-state index in [9.17, 15) is 0 Å². The molecule has 0 amide bonds. The van der Waals surface area contributed by atoms with Crippen LogP contribution in [0.3, 0.4) is 0 Å². The average Bonchev–Trinajstić information content (AvgIpc) is 3.19. The number of ether oxygens (including phenoxy) is 1. The van der Waals surface area contributed by atoms with E-state index in [2.05, 4.69) is 34.1 Å². The highest BCUT2D eigenvalue weighted by atomic mass is 16.5. The zero-order valence-electron chi connectivity index (χ0n) is 13.7. The smallest absolute Gasteiger partial charge is 0.118 e. The lowest BCUT2D eigenvalue weighted by atomic mass is 9.93. The maximum absolute atomic E-state index is 5.23. The Balaban J connectivity index is 1.28. The minimum Gasteiger partial charge on any atom is -0.497 e. The Morgan fingerprint density at radius 1 is 1.00 bits per heavy atom. The summed E-state index contributed by atoms with van der Waals surface area (Å²) < 4.78 is 5.23. The van der Waals surface area contributed by atoms with Crippen molar-refractivity contribution in [2.45, 2.75) is 38.3 Å². The lowest BCUT2D eigenvalue weighted by molar-refractivity contribution is 0.0679. The Bertz CT molecular complexity index is 493. The van der Waals surface area contributed by atoms with Gasteiger partial charge in [0.2, 0.25) is 0 Å². The molecular formula is C19H28N2O. The van der Waals surface area contributed by atoms with E-state index in [1.807, 2.05) is 0 Å². The maximum Gasteiger partial charge on any atom is 0.118 e. The minimum absolute atomic E-state index is 0.918. The molecule has 0 spiro atoms. The van der Waals surface area contributed by atoms with Crippen LogP contribution in [0.4, 0.5) is 0 Å². The number of hydrogen-bond acceptors (Lipinski definition) is 3. The SMILES string of the molecule is COc1ccc(CN2CCN([C@H]3C[C@@H]4CC[C@@H]3C4)CC2)cc1. The quantitative estimate of drug-likeness (QED) is 0.850. The number of rotatable bonds is 4. The highest BCUT2D eigenvalue weighted by Gasteiger charge is 2.42. The zero-order chi connectivity index (χ0) is 14.9. The molecule has 3 atom stereocenters. The van der Waals surface area contributed by atoms with Crippen LogP contribution in [0.15, 0.2) is 24.3 Å². The fraction of sp³-hybridized carbons (Fsp3) is 0.684. The van der Waals surface area contributed by atoms with Gasteiger partial charge in [0.15, 0.2) is 0 Å². The fourth-order valence-corrected chi connectivity index (χ4v) is 4.90. The average molecular weight is 300 g/mol. The predicted octanol–water partition coefficient (Wildman–Crippen LogP) is 3.00. The standard InChI is InChI=1S/C19H28N2O/c1-22-18-6-3-15(4-7-18)14-20-8-10-21(11-9-20)19-13-16-2-5-17(19)12-16/h3-4,6-7,16-17,19H,2,5,8-14H2,1H3/t16-,17-,19+/m1/s1. The monoisotopic (exact) mass is 300 g/mol. The van der Waals surface area contributed by atoms with Gasteiger partial charge in [-0.15, -0.1) is 0 Å². The molecule has 0 radical (unpaired) electrons. The molecule has 0 aromatic heterocycles. The van der Waals surface area contributed by atoms with Gasteiger partial charge in [-0.05, 0) is 48.8 Å². The first-order valence-electron chi connectivity index (χ1n) is 8.91. The highest BCUT2D eigenvalue weighted by molar-refractivity contribution is 5.27. The molecule has 2 saturated carbocycles. The lowest BCUT2D eigenvalue weighted by Crippen LogP contribution is -2.51. The molecule has 120 valence electrons. The van der Waals surface area contributed by atoms with Gasteiger partial charge in [0.25, 0.3) is 0 Å². The van der Waals surface area contributed by atoms with Crippen molar-refractivity contribution in [3.63, 3.8) is 0 Å². The Hall–Kier alpha value is -1.06. The summed E-state index contributed by atoms with van der Waals surface area (Å²) in [4.78, 5) is 5.40. The zero-order valence-corrected chi connectivity index (χ0v) is 13.7. The molecule has 22 heavy (non-hydrogen) atoms. The molecule has 1 aliphatic heterocycles. The number of methoxy groups -OCH3 is 1. The Labute approximate surface area is 134 Å². The molecule has 1 aromatic rings. The molecule has 2 aliphatic carbocycles. The predicted molar refractivity (Wildman–Crippen MR) is 89.1 cm³/mol. The van der Waals surface area contributed by atoms with Gasteiger partial charge >= 0.3 is 0 Å². The maximum atomic E-state index is 5.23. The van der Waals surface area contributed by atoms with Gasteiger partial charge in [-0.3, -0.25) is 9.80 Å². The van der Waals surface area contributed by atoms with E-state index in [1.165, 1.54) is 57.4 Å². The third-order valence-electron chi connectivity index (χ3n) is 6.14. The molecule has 3 heteroatoms. The second kappa shape index (κ2) is 6.21. The van der Waals surface area contributed by atoms with E-state index >= 15 is 0 Å². The second-order valence-electron chi connectivity index (χ2n) is 7.40. The van der Waals surface area contributed by atoms with Crippen molar-refractivity contribution in [3.05, 3.63) is 29.8 Å². The lowest BCUT2D eigenvalue weighted by Gasteiger charge is -2.41. The first-order chi connectivity index (χ1) is 10.8. The third kappa shape index (κ3) is 2.89. The number of hydrogen-bond donors (Lipinski definition) is 0. The van der Waals surface area contributed by atoms with Crippen LogP contribution in [0.25, 0.3) is 0 Å². The fourth-order valence-electron chi connectivity index (χ4n) is 4.90. The molecule has 1 aromatic carbocycles. The Kier molecular flexibility index (Phi) is 4.10. The molecule has 4 rings (SSSR count). The topological polar surface area (TPSA) is 15.7 Å². The van der Waals surface area contributed by atoms with Crippen LogP contribution >= 0.6 is 0 Å². The van der Waals surface area contributed by atoms with Gasteiger partial charge in [-0.1, -0.05) is 18.6 Å². The van der Waals surface area contributed by atoms with Crippen molar-refractivity contribution >= 4 is 0 Å². The number of fused-ring (bicyclic) bond motifs is 2. The van der Waals surface area contributed by atoms with Crippen molar-refractivity contribution in [2.24, 2.45) is 11.8 Å². The summed E-state index contributed by atoms with van der Waals surface area (Å²) in [5.41, 5.74) is 1.40. The van der Waals surface area contributed by atoms with Crippen LogP contribution in [0.2, 0.25) is 0 Å². The van der Waals surface area contributed by atoms with Crippen molar-refractivity contribution in [3.8, 4) is 5.75 Å². The molecule has 3 fully saturated rings. The van der Waals surface area contributed by atoms with Crippen molar-refractivity contribution in [1.82, 2.24) is 9.80 Å². The molecule has 3 aliphatic rings. The van der Waals surface area contributed by atoms with Crippen LogP contribution in [-0.4, -0.2) is 49.1 Å². The number of piperazine rings is 1. The van der Waals surface area contributed by atoms with E-state index < -0.39 is 0 Å². The van der Waals surface area contributed by atoms with Gasteiger partial charge in [0, 0.05) is 38.8 Å². The molecule has 2 bridgehead atoms. The van der Waals surface area contributed by atoms with Crippen LogP contribution < -0.4 is 4.74 Å². The normalized spacial score (nSPS) is 32.5. The molecule has 0 unspecified atom stereocenters. The van der Waals surface area contributed by atoms with E-state index in [4.69, 9.17) is 4.74 Å². The number of nitrogens with zero attached hydrogens (tertiary/aromatic N) is 2. The second-order valence-corrected chi connectivity index (χ2v) is 7.40. The van der Waals surface area contributed by atoms with Gasteiger partial charge in [0.05, 0.1) is 7.11 Å². The Morgan fingerprint density at radius 3 is 2.36 bits per heavy atom. The summed E-state index contributed by atoms with van der Waals surface area (Å²) in [6.45, 7) is 6.06. The van der Waals surface area contributed by atoms with Crippen molar-refractivity contribution in [1.29, 1.82) is 0 Å². The highest BCUT2D eigenvalue weighted by Crippen LogP contribution is 2.46. The van der Waals surface area contributed by atoms with Crippen LogP contribution in [0, 0.1) is 11.8 Å². The van der Waals surface area contributed by atoms with E-state index in [0.717, 1.165) is 30.2 Å². The van der Waals surface area contributed by atoms with Gasteiger partial charge in [0.1, 0.15) is 5.75 Å². The van der Waals surface area contributed by atoms with E-state index in [1.54, 1.807) is 7.11 Å². The number of benzene rings is 1. The summed E-state index contributed by atoms with van der Waals surface area (Å²) in [5.74, 6) is 3.04. The van der Waals surface area contributed by atoms with Crippen LogP contribution in [0.1, 0.15) is 31.2 Å². The first-order valence-corrected chi connectivity index (χ1v) is 8.91. The van der Waals surface area contributed by atoms with Crippen molar-refractivity contribution in [2.75, 3.05) is 33.3 Å². The van der Waals surface area contributed by atoms with Crippen LogP contribution in [0.5, 0.6) is 5.75 Å². The minimum atomic E-state index is 0.918. The van der Waals surface area contributed by atoms with E-state index in [-0.39, 0.29) is 0 Å². The third-order valence-corrected chi connectivity index (χ3v) is 6.14. The van der Waals surface area contributed by atoms with E-state index in [0.29, 0.717) is 0 Å². The van der Waals surface area contributed by atoms with Crippen LogP contribution in [-0.2, 0) is 6.54 Å². The molecule has 1 saturated heterocycles. The summed E-state index contributed by atoms with van der Waals surface area (Å²) in [7, 11) is 1.73. The summed E-state index contributed by atoms with van der Waals surface area (Å²) in [6.07, 6.45) is 6.03. The molecule has 0 N–H and O–H groups in total. The van der Waals surface area contributed by atoms with Gasteiger partial charge < -0.3 is 4.74 Å². The largest absolute Gasteiger partial charge is 0.497 e. The first kappa shape index (κ1) is 14.5. The molecule has 1 heterocycles. The van der Waals surface area contributed by atoms with Gasteiger partial charge in [-0.2, -0.15) is 0 Å². The molecular weight excluding hydrogens is 272 g/mol. The summed E-state index contributed by atoms with van der Waals surface area (Å²) in [6, 6.07) is 9.45. The van der Waals surface area contributed by atoms with Gasteiger partial charge in [-0.25, -0.2) is 0 Å². The summed E-state index contributed by atoms with van der Waals surface area (Å²) in [5, 5.41) is 0. The summed E-state index contributed by atoms with van der Waals surface area (Å²) >= 11 is 0. The molecule has 3 nitrogen and oxygen atoms in total. The Morgan fingerprint density at radius 2 is 1.77 bits per heavy atom. The van der Waals surface area contributed by atoms with Crippen molar-refractivity contribution < 1.29 is 4.74 Å².